The number of hydrogen-bond donors (Lipinski definition) is 1. The summed E-state index contributed by atoms with van der Waals surface area (Å²) in [6.07, 6.45) is 1.50. The van der Waals surface area contributed by atoms with E-state index in [1.807, 2.05) is 12.1 Å². The van der Waals surface area contributed by atoms with Crippen molar-refractivity contribution in [2.75, 3.05) is 7.11 Å². The van der Waals surface area contributed by atoms with Gasteiger partial charge in [0, 0.05) is 23.4 Å². The molecular weight excluding hydrogens is 388 g/mol. The minimum Gasteiger partial charge on any atom is -0.496 e. The normalized spacial score (nSPS) is 11.6. The lowest BCUT2D eigenvalue weighted by atomic mass is 9.83. The fourth-order valence-corrected chi connectivity index (χ4v) is 3.90. The molecule has 0 aliphatic carbocycles. The van der Waals surface area contributed by atoms with Crippen molar-refractivity contribution in [3.63, 3.8) is 0 Å². The number of nitrogens with zero attached hydrogens (tertiary/aromatic N) is 1. The summed E-state index contributed by atoms with van der Waals surface area (Å²) in [4.78, 5) is 26.4. The van der Waals surface area contributed by atoms with E-state index in [1.54, 1.807) is 7.11 Å². The van der Waals surface area contributed by atoms with Gasteiger partial charge in [-0.05, 0) is 46.9 Å². The number of nitrogens with one attached hydrogen (secondary N) is 1. The second kappa shape index (κ2) is 7.58. The topological polar surface area (TPSA) is 64.1 Å². The van der Waals surface area contributed by atoms with E-state index in [0.717, 1.165) is 27.8 Å². The molecule has 5 heteroatoms. The van der Waals surface area contributed by atoms with Crippen LogP contribution < -0.4 is 16.0 Å². The molecular formula is C26H26N2O3. The number of H-pyrrole nitrogens is 1. The largest absolute Gasteiger partial charge is 0.496 e. The Morgan fingerprint density at radius 1 is 0.903 bits per heavy atom. The van der Waals surface area contributed by atoms with Gasteiger partial charge >= 0.3 is 5.69 Å². The monoisotopic (exact) mass is 414 g/mol. The van der Waals surface area contributed by atoms with Gasteiger partial charge in [-0.1, -0.05) is 56.7 Å². The van der Waals surface area contributed by atoms with Gasteiger partial charge in [-0.3, -0.25) is 14.3 Å². The second-order valence-electron chi connectivity index (χ2n) is 8.87. The van der Waals surface area contributed by atoms with Gasteiger partial charge in [0.1, 0.15) is 5.75 Å². The summed E-state index contributed by atoms with van der Waals surface area (Å²) in [6, 6.07) is 17.9. The molecule has 0 fully saturated rings. The lowest BCUT2D eigenvalue weighted by molar-refractivity contribution is 0.399. The zero-order valence-electron chi connectivity index (χ0n) is 18.4. The van der Waals surface area contributed by atoms with Crippen LogP contribution in [0.1, 0.15) is 31.9 Å². The molecule has 0 aliphatic rings. The Morgan fingerprint density at radius 3 is 2.29 bits per heavy atom. The Labute approximate surface area is 181 Å². The molecule has 0 saturated heterocycles. The molecule has 0 radical (unpaired) electrons. The number of hydrogen-bond acceptors (Lipinski definition) is 3. The highest BCUT2D eigenvalue weighted by Gasteiger charge is 2.24. The molecule has 1 heterocycles. The van der Waals surface area contributed by atoms with Crippen LogP contribution in [0.15, 0.2) is 70.4 Å². The lowest BCUT2D eigenvalue weighted by Gasteiger charge is -2.25. The van der Waals surface area contributed by atoms with Crippen LogP contribution in [0, 0.1) is 6.92 Å². The third-order valence-corrected chi connectivity index (χ3v) is 5.49. The Balaban J connectivity index is 2.03. The fourth-order valence-electron chi connectivity index (χ4n) is 3.90. The number of methoxy groups -OCH3 is 1. The predicted molar refractivity (Wildman–Crippen MR) is 126 cm³/mol. The highest BCUT2D eigenvalue weighted by atomic mass is 16.5. The first-order valence-electron chi connectivity index (χ1n) is 10.2. The molecule has 0 spiro atoms. The highest BCUT2D eigenvalue weighted by Crippen LogP contribution is 2.41. The molecule has 4 aromatic rings. The first kappa shape index (κ1) is 20.7. The summed E-state index contributed by atoms with van der Waals surface area (Å²) in [5, 5.41) is 2.31. The molecule has 0 aliphatic heterocycles. The quantitative estimate of drug-likeness (QED) is 0.515. The maximum Gasteiger partial charge on any atom is 0.332 e. The molecule has 1 aromatic heterocycles. The molecule has 0 saturated carbocycles. The maximum atomic E-state index is 12.5. The van der Waals surface area contributed by atoms with Crippen molar-refractivity contribution in [2.45, 2.75) is 33.1 Å². The summed E-state index contributed by atoms with van der Waals surface area (Å²) < 4.78 is 7.33. The molecule has 4 rings (SSSR count). The zero-order chi connectivity index (χ0) is 22.3. The molecule has 1 N–H and O–H groups in total. The maximum absolute atomic E-state index is 12.5. The zero-order valence-corrected chi connectivity index (χ0v) is 18.4. The van der Waals surface area contributed by atoms with E-state index >= 15 is 0 Å². The van der Waals surface area contributed by atoms with Crippen molar-refractivity contribution < 1.29 is 4.74 Å². The standard InChI is InChI=1S/C26H26N2O3/c1-16-6-7-18-13-19(9-8-17(18)12-16)21-14-20(28-11-10-23(29)27-25(28)30)15-22(24(21)31-5)26(2,3)4/h6-15H,1-5H3,(H,27,29,30). The SMILES string of the molecule is COc1c(-c2ccc3cc(C)ccc3c2)cc(-n2ccc(=O)[nH]c2=O)cc1C(C)(C)C. The summed E-state index contributed by atoms with van der Waals surface area (Å²) in [5.74, 6) is 0.778. The van der Waals surface area contributed by atoms with Gasteiger partial charge in [-0.15, -0.1) is 0 Å². The number of aromatic amines is 1. The van der Waals surface area contributed by atoms with Crippen molar-refractivity contribution in [3.05, 3.63) is 92.8 Å². The van der Waals surface area contributed by atoms with E-state index in [2.05, 4.69) is 69.1 Å². The first-order valence-corrected chi connectivity index (χ1v) is 10.2. The number of aryl methyl sites for hydroxylation is 1. The van der Waals surface area contributed by atoms with Gasteiger partial charge in [-0.2, -0.15) is 0 Å². The smallest absolute Gasteiger partial charge is 0.332 e. The number of fused-ring (bicyclic) bond motifs is 1. The number of aromatic nitrogens is 2. The fraction of sp³-hybridized carbons (Fsp3) is 0.231. The molecule has 31 heavy (non-hydrogen) atoms. The van der Waals surface area contributed by atoms with Crippen LogP contribution in [-0.2, 0) is 5.41 Å². The molecule has 0 unspecified atom stereocenters. The van der Waals surface area contributed by atoms with Crippen LogP contribution in [0.25, 0.3) is 27.6 Å². The van der Waals surface area contributed by atoms with Crippen LogP contribution in [0.5, 0.6) is 5.75 Å². The lowest BCUT2D eigenvalue weighted by Crippen LogP contribution is -2.27. The average molecular weight is 415 g/mol. The van der Waals surface area contributed by atoms with Gasteiger partial charge < -0.3 is 4.74 Å². The molecule has 5 nitrogen and oxygen atoms in total. The average Bonchev–Trinajstić information content (AvgIpc) is 2.71. The number of benzene rings is 3. The van der Waals surface area contributed by atoms with Crippen LogP contribution in [0.4, 0.5) is 0 Å². The van der Waals surface area contributed by atoms with Crippen molar-refractivity contribution in [3.8, 4) is 22.6 Å². The van der Waals surface area contributed by atoms with Crippen LogP contribution in [-0.4, -0.2) is 16.7 Å². The van der Waals surface area contributed by atoms with Gasteiger partial charge in [0.25, 0.3) is 5.56 Å². The number of ether oxygens (including phenoxy) is 1. The third kappa shape index (κ3) is 3.91. The van der Waals surface area contributed by atoms with E-state index in [-0.39, 0.29) is 5.41 Å². The van der Waals surface area contributed by atoms with Crippen molar-refractivity contribution >= 4 is 10.8 Å². The molecule has 3 aromatic carbocycles. The summed E-state index contributed by atoms with van der Waals surface area (Å²) in [5.41, 5.74) is 3.63. The Morgan fingerprint density at radius 2 is 1.61 bits per heavy atom. The van der Waals surface area contributed by atoms with E-state index < -0.39 is 11.2 Å². The van der Waals surface area contributed by atoms with Crippen LogP contribution >= 0.6 is 0 Å². The predicted octanol–water partition coefficient (Wildman–Crippen LogP) is 4.96. The van der Waals surface area contributed by atoms with Gasteiger partial charge in [0.05, 0.1) is 12.8 Å². The van der Waals surface area contributed by atoms with E-state index in [0.29, 0.717) is 5.69 Å². The van der Waals surface area contributed by atoms with Gasteiger partial charge in [0.2, 0.25) is 0 Å². The summed E-state index contributed by atoms with van der Waals surface area (Å²) >= 11 is 0. The van der Waals surface area contributed by atoms with Crippen LogP contribution in [0.3, 0.4) is 0 Å². The van der Waals surface area contributed by atoms with Gasteiger partial charge in [-0.25, -0.2) is 4.79 Å². The highest BCUT2D eigenvalue weighted by molar-refractivity contribution is 5.89. The minimum atomic E-state index is -0.475. The second-order valence-corrected chi connectivity index (χ2v) is 8.87. The third-order valence-electron chi connectivity index (χ3n) is 5.49. The Bertz CT molecular complexity index is 1410. The van der Waals surface area contributed by atoms with E-state index in [4.69, 9.17) is 4.74 Å². The molecule has 0 amide bonds. The van der Waals surface area contributed by atoms with Crippen molar-refractivity contribution in [1.29, 1.82) is 0 Å². The minimum absolute atomic E-state index is 0.226. The van der Waals surface area contributed by atoms with E-state index in [1.165, 1.54) is 27.8 Å². The molecule has 0 bridgehead atoms. The Hall–Kier alpha value is -3.60. The number of rotatable bonds is 3. The first-order chi connectivity index (χ1) is 14.7. The van der Waals surface area contributed by atoms with Gasteiger partial charge in [0.15, 0.2) is 0 Å². The molecule has 158 valence electrons. The van der Waals surface area contributed by atoms with Crippen LogP contribution in [0.2, 0.25) is 0 Å². The summed E-state index contributed by atoms with van der Waals surface area (Å²) in [7, 11) is 1.67. The Kier molecular flexibility index (Phi) is 5.05. The van der Waals surface area contributed by atoms with E-state index in [9.17, 15) is 9.59 Å². The molecule has 0 atom stereocenters. The summed E-state index contributed by atoms with van der Waals surface area (Å²) in [6.45, 7) is 8.41. The van der Waals surface area contributed by atoms with Crippen molar-refractivity contribution in [2.24, 2.45) is 0 Å². The van der Waals surface area contributed by atoms with Crippen molar-refractivity contribution in [1.82, 2.24) is 9.55 Å².